The van der Waals surface area contributed by atoms with Crippen molar-refractivity contribution in [2.24, 2.45) is 12.8 Å². The predicted octanol–water partition coefficient (Wildman–Crippen LogP) is 3.35. The molecule has 0 atom stereocenters. The SMILES string of the molecule is CNc1nc2cc(-c3cccc(CN)c3)sc2c2c1ncn2C. The lowest BCUT2D eigenvalue weighted by molar-refractivity contribution is 0.951. The van der Waals surface area contributed by atoms with Crippen LogP contribution in [0.4, 0.5) is 5.82 Å². The Bertz CT molecular complexity index is 1010. The largest absolute Gasteiger partial charge is 0.371 e. The molecule has 4 rings (SSSR count). The Balaban J connectivity index is 2.00. The molecule has 3 N–H and O–H groups in total. The minimum absolute atomic E-state index is 0.548. The van der Waals surface area contributed by atoms with Gasteiger partial charge in [0.1, 0.15) is 5.52 Å². The summed E-state index contributed by atoms with van der Waals surface area (Å²) in [6.45, 7) is 0.548. The number of pyridine rings is 1. The molecule has 5 nitrogen and oxygen atoms in total. The number of anilines is 1. The van der Waals surface area contributed by atoms with E-state index in [9.17, 15) is 0 Å². The van der Waals surface area contributed by atoms with Gasteiger partial charge in [-0.15, -0.1) is 11.3 Å². The number of nitrogens with zero attached hydrogens (tertiary/aromatic N) is 3. The number of nitrogens with one attached hydrogen (secondary N) is 1. The molecule has 1 aromatic carbocycles. The van der Waals surface area contributed by atoms with E-state index in [4.69, 9.17) is 10.7 Å². The summed E-state index contributed by atoms with van der Waals surface area (Å²) in [5, 5.41) is 3.14. The molecule has 0 aliphatic heterocycles. The molecule has 3 heterocycles. The lowest BCUT2D eigenvalue weighted by Gasteiger charge is -2.02. The fourth-order valence-corrected chi connectivity index (χ4v) is 4.03. The fourth-order valence-electron chi connectivity index (χ4n) is 2.85. The summed E-state index contributed by atoms with van der Waals surface area (Å²) in [6, 6.07) is 10.5. The van der Waals surface area contributed by atoms with Gasteiger partial charge in [0.2, 0.25) is 0 Å². The molecule has 0 aliphatic carbocycles. The number of thiophene rings is 1. The molecule has 23 heavy (non-hydrogen) atoms. The van der Waals surface area contributed by atoms with Gasteiger partial charge in [0, 0.05) is 25.5 Å². The molecular formula is C17H17N5S. The number of imidazole rings is 1. The van der Waals surface area contributed by atoms with Gasteiger partial charge in [-0.1, -0.05) is 18.2 Å². The standard InChI is InChI=1S/C17H17N5S/c1-19-17-14-15(22(2)9-20-14)16-12(21-17)7-13(23-16)11-5-3-4-10(6-11)8-18/h3-7,9H,8,18H2,1-2H3,(H,19,21). The van der Waals surface area contributed by atoms with Gasteiger partial charge in [-0.3, -0.25) is 0 Å². The van der Waals surface area contributed by atoms with E-state index >= 15 is 0 Å². The van der Waals surface area contributed by atoms with Crippen LogP contribution >= 0.6 is 11.3 Å². The second kappa shape index (κ2) is 5.33. The normalized spacial score (nSPS) is 11.4. The van der Waals surface area contributed by atoms with Crippen LogP contribution in [0.2, 0.25) is 0 Å². The molecule has 6 heteroatoms. The number of aryl methyl sites for hydroxylation is 1. The van der Waals surface area contributed by atoms with Gasteiger partial charge >= 0.3 is 0 Å². The van der Waals surface area contributed by atoms with Gasteiger partial charge < -0.3 is 15.6 Å². The van der Waals surface area contributed by atoms with Crippen LogP contribution in [0.15, 0.2) is 36.7 Å². The van der Waals surface area contributed by atoms with Gasteiger partial charge in [0.05, 0.1) is 22.1 Å². The molecular weight excluding hydrogens is 306 g/mol. The first kappa shape index (κ1) is 14.2. The number of aromatic nitrogens is 3. The number of benzene rings is 1. The second-order valence-electron chi connectivity index (χ2n) is 5.49. The number of hydrogen-bond acceptors (Lipinski definition) is 5. The van der Waals surface area contributed by atoms with E-state index in [1.54, 1.807) is 11.3 Å². The lowest BCUT2D eigenvalue weighted by Crippen LogP contribution is -1.95. The summed E-state index contributed by atoms with van der Waals surface area (Å²) >= 11 is 1.75. The van der Waals surface area contributed by atoms with Crippen molar-refractivity contribution >= 4 is 38.4 Å². The summed E-state index contributed by atoms with van der Waals surface area (Å²) < 4.78 is 3.21. The van der Waals surface area contributed by atoms with Crippen LogP contribution in [0, 0.1) is 0 Å². The summed E-state index contributed by atoms with van der Waals surface area (Å²) in [5.41, 5.74) is 11.1. The van der Waals surface area contributed by atoms with E-state index in [1.807, 2.05) is 32.6 Å². The number of rotatable bonds is 3. The van der Waals surface area contributed by atoms with Gasteiger partial charge in [-0.2, -0.15) is 0 Å². The van der Waals surface area contributed by atoms with E-state index in [1.165, 1.54) is 10.4 Å². The van der Waals surface area contributed by atoms with Crippen LogP contribution in [0.3, 0.4) is 0 Å². The van der Waals surface area contributed by atoms with Crippen molar-refractivity contribution in [1.82, 2.24) is 14.5 Å². The minimum atomic E-state index is 0.548. The van der Waals surface area contributed by atoms with Crippen LogP contribution in [-0.2, 0) is 13.6 Å². The highest BCUT2D eigenvalue weighted by molar-refractivity contribution is 7.23. The van der Waals surface area contributed by atoms with Crippen LogP contribution in [0.25, 0.3) is 31.7 Å². The lowest BCUT2D eigenvalue weighted by atomic mass is 10.1. The van der Waals surface area contributed by atoms with Gasteiger partial charge in [0.25, 0.3) is 0 Å². The quantitative estimate of drug-likeness (QED) is 0.607. The third kappa shape index (κ3) is 2.18. The molecule has 4 aromatic rings. The zero-order valence-electron chi connectivity index (χ0n) is 13.0. The number of nitrogens with two attached hydrogens (primary N) is 1. The van der Waals surface area contributed by atoms with E-state index in [0.717, 1.165) is 32.6 Å². The Hall–Kier alpha value is -2.44. The third-order valence-corrected chi connectivity index (χ3v) is 5.19. The molecule has 0 saturated carbocycles. The molecule has 0 bridgehead atoms. The van der Waals surface area contributed by atoms with Crippen LogP contribution in [0.5, 0.6) is 0 Å². The van der Waals surface area contributed by atoms with Crippen LogP contribution in [-0.4, -0.2) is 21.6 Å². The topological polar surface area (TPSA) is 68.8 Å². The Kier molecular flexibility index (Phi) is 3.28. The van der Waals surface area contributed by atoms with Crippen molar-refractivity contribution in [2.45, 2.75) is 6.54 Å². The summed E-state index contributed by atoms with van der Waals surface area (Å²) in [5.74, 6) is 0.813. The highest BCUT2D eigenvalue weighted by atomic mass is 32.1. The Labute approximate surface area is 137 Å². The van der Waals surface area contributed by atoms with Crippen molar-refractivity contribution in [1.29, 1.82) is 0 Å². The Morgan fingerprint density at radius 3 is 2.96 bits per heavy atom. The molecule has 0 radical (unpaired) electrons. The maximum absolute atomic E-state index is 5.76. The van der Waals surface area contributed by atoms with Gasteiger partial charge in [-0.25, -0.2) is 9.97 Å². The van der Waals surface area contributed by atoms with Crippen molar-refractivity contribution < 1.29 is 0 Å². The molecule has 0 spiro atoms. The molecule has 0 fully saturated rings. The summed E-state index contributed by atoms with van der Waals surface area (Å²) in [4.78, 5) is 10.4. The highest BCUT2D eigenvalue weighted by Gasteiger charge is 2.15. The Morgan fingerprint density at radius 2 is 2.17 bits per heavy atom. The monoisotopic (exact) mass is 323 g/mol. The average molecular weight is 323 g/mol. The Morgan fingerprint density at radius 1 is 1.30 bits per heavy atom. The summed E-state index contributed by atoms with van der Waals surface area (Å²) in [6.07, 6.45) is 1.83. The molecule has 0 unspecified atom stereocenters. The zero-order valence-corrected chi connectivity index (χ0v) is 13.8. The van der Waals surface area contributed by atoms with E-state index in [2.05, 4.69) is 33.1 Å². The first-order valence-electron chi connectivity index (χ1n) is 7.43. The predicted molar refractivity (Wildman–Crippen MR) is 96.8 cm³/mol. The van der Waals surface area contributed by atoms with E-state index < -0.39 is 0 Å². The molecule has 116 valence electrons. The fraction of sp³-hybridized carbons (Fsp3) is 0.176. The highest BCUT2D eigenvalue weighted by Crippen LogP contribution is 2.38. The van der Waals surface area contributed by atoms with Crippen molar-refractivity contribution in [3.63, 3.8) is 0 Å². The van der Waals surface area contributed by atoms with Crippen molar-refractivity contribution in [2.75, 3.05) is 12.4 Å². The van der Waals surface area contributed by atoms with Crippen LogP contribution < -0.4 is 11.1 Å². The van der Waals surface area contributed by atoms with E-state index in [-0.39, 0.29) is 0 Å². The molecule has 0 aliphatic rings. The van der Waals surface area contributed by atoms with Crippen LogP contribution in [0.1, 0.15) is 5.56 Å². The number of fused-ring (bicyclic) bond motifs is 3. The molecule has 0 saturated heterocycles. The molecule has 3 aromatic heterocycles. The maximum Gasteiger partial charge on any atom is 0.154 e. The van der Waals surface area contributed by atoms with E-state index in [0.29, 0.717) is 6.54 Å². The van der Waals surface area contributed by atoms with Crippen molar-refractivity contribution in [3.8, 4) is 10.4 Å². The number of hydrogen-bond donors (Lipinski definition) is 2. The first-order valence-corrected chi connectivity index (χ1v) is 8.24. The third-order valence-electron chi connectivity index (χ3n) is 4.01. The smallest absolute Gasteiger partial charge is 0.154 e. The van der Waals surface area contributed by atoms with Gasteiger partial charge in [-0.05, 0) is 23.3 Å². The van der Waals surface area contributed by atoms with Crippen molar-refractivity contribution in [3.05, 3.63) is 42.2 Å². The zero-order chi connectivity index (χ0) is 16.0. The second-order valence-corrected chi connectivity index (χ2v) is 6.54. The average Bonchev–Trinajstić information content (AvgIpc) is 3.17. The minimum Gasteiger partial charge on any atom is -0.371 e. The molecule has 0 amide bonds. The first-order chi connectivity index (χ1) is 11.2. The summed E-state index contributed by atoms with van der Waals surface area (Å²) in [7, 11) is 3.89. The van der Waals surface area contributed by atoms with Gasteiger partial charge in [0.15, 0.2) is 5.82 Å². The maximum atomic E-state index is 5.76.